The van der Waals surface area contributed by atoms with Crippen molar-refractivity contribution in [1.29, 1.82) is 0 Å². The zero-order valence-corrected chi connectivity index (χ0v) is 19.4. The lowest BCUT2D eigenvalue weighted by Crippen LogP contribution is -2.26. The zero-order chi connectivity index (χ0) is 23.4. The fourth-order valence-corrected chi connectivity index (χ4v) is 3.02. The molecule has 6 heteroatoms. The molecular formula is C26H34O6. The number of fused-ring (bicyclic) bond motifs is 1. The van der Waals surface area contributed by atoms with Crippen LogP contribution in [0.3, 0.4) is 0 Å². The van der Waals surface area contributed by atoms with E-state index in [0.717, 1.165) is 16.3 Å². The van der Waals surface area contributed by atoms with E-state index in [4.69, 9.17) is 14.2 Å². The molecule has 0 amide bonds. The number of benzene rings is 2. The summed E-state index contributed by atoms with van der Waals surface area (Å²) in [4.78, 5) is 35.7. The summed E-state index contributed by atoms with van der Waals surface area (Å²) in [6.45, 7) is 6.40. The molecule has 0 saturated carbocycles. The molecule has 0 unspecified atom stereocenters. The summed E-state index contributed by atoms with van der Waals surface area (Å²) >= 11 is 0. The van der Waals surface area contributed by atoms with Crippen LogP contribution in [0.4, 0.5) is 0 Å². The van der Waals surface area contributed by atoms with Gasteiger partial charge in [-0.25, -0.2) is 0 Å². The molecule has 2 aromatic carbocycles. The van der Waals surface area contributed by atoms with E-state index in [1.54, 1.807) is 0 Å². The molecule has 0 bridgehead atoms. The molecule has 0 saturated heterocycles. The van der Waals surface area contributed by atoms with Gasteiger partial charge in [0.15, 0.2) is 0 Å². The van der Waals surface area contributed by atoms with E-state index in [-0.39, 0.29) is 44.0 Å². The molecule has 0 aromatic heterocycles. The first-order valence-electron chi connectivity index (χ1n) is 11.3. The van der Waals surface area contributed by atoms with Crippen LogP contribution in [0.15, 0.2) is 42.5 Å². The SMILES string of the molecule is CCC(C)(C)C(=O)OCCCC(=O)OCCCCOC(=O)Cc1cccc2ccccc12. The predicted molar refractivity (Wildman–Crippen MR) is 123 cm³/mol. The number of rotatable bonds is 13. The van der Waals surface area contributed by atoms with Gasteiger partial charge in [0.05, 0.1) is 31.7 Å². The second-order valence-electron chi connectivity index (χ2n) is 8.44. The number of carbonyl (C=O) groups excluding carboxylic acids is 3. The third-order valence-electron chi connectivity index (χ3n) is 5.47. The Balaban J connectivity index is 1.53. The lowest BCUT2D eigenvalue weighted by molar-refractivity contribution is -0.155. The Kier molecular flexibility index (Phi) is 10.2. The standard InChI is InChI=1S/C26H34O6/c1-4-26(2,3)25(29)32-18-10-15-23(27)30-16-7-8-17-31-24(28)19-21-13-9-12-20-11-5-6-14-22(20)21/h5-6,9,11-14H,4,7-8,10,15-19H2,1-3H3. The smallest absolute Gasteiger partial charge is 0.311 e. The van der Waals surface area contributed by atoms with Crippen LogP contribution in [0.1, 0.15) is 58.4 Å². The summed E-state index contributed by atoms with van der Waals surface area (Å²) in [6, 6.07) is 13.8. The fraction of sp³-hybridized carbons (Fsp3) is 0.500. The summed E-state index contributed by atoms with van der Waals surface area (Å²) < 4.78 is 15.7. The molecular weight excluding hydrogens is 408 g/mol. The average Bonchev–Trinajstić information content (AvgIpc) is 2.79. The highest BCUT2D eigenvalue weighted by atomic mass is 16.5. The number of esters is 3. The van der Waals surface area contributed by atoms with E-state index in [2.05, 4.69) is 0 Å². The number of hydrogen-bond donors (Lipinski definition) is 0. The monoisotopic (exact) mass is 442 g/mol. The first-order chi connectivity index (χ1) is 15.3. The number of carbonyl (C=O) groups is 3. The fourth-order valence-electron chi connectivity index (χ4n) is 3.02. The van der Waals surface area contributed by atoms with E-state index in [0.29, 0.717) is 32.3 Å². The second-order valence-corrected chi connectivity index (χ2v) is 8.44. The molecule has 0 fully saturated rings. The zero-order valence-electron chi connectivity index (χ0n) is 19.4. The van der Waals surface area contributed by atoms with Crippen LogP contribution >= 0.6 is 0 Å². The summed E-state index contributed by atoms with van der Waals surface area (Å²) in [5.74, 6) is -0.828. The molecule has 0 aliphatic heterocycles. The number of ether oxygens (including phenoxy) is 3. The van der Waals surface area contributed by atoms with E-state index in [9.17, 15) is 14.4 Å². The maximum atomic E-state index is 12.1. The van der Waals surface area contributed by atoms with Gasteiger partial charge in [-0.3, -0.25) is 14.4 Å². The van der Waals surface area contributed by atoms with Crippen LogP contribution in [0.5, 0.6) is 0 Å². The Labute approximate surface area is 190 Å². The van der Waals surface area contributed by atoms with Gasteiger partial charge in [0.1, 0.15) is 0 Å². The van der Waals surface area contributed by atoms with Gasteiger partial charge in [0, 0.05) is 6.42 Å². The van der Waals surface area contributed by atoms with Gasteiger partial charge in [-0.05, 0) is 55.9 Å². The number of hydrogen-bond acceptors (Lipinski definition) is 6. The van der Waals surface area contributed by atoms with Crippen LogP contribution in [-0.2, 0) is 35.0 Å². The first kappa shape index (κ1) is 25.4. The van der Waals surface area contributed by atoms with Gasteiger partial charge in [0.25, 0.3) is 0 Å². The van der Waals surface area contributed by atoms with Crippen molar-refractivity contribution in [3.63, 3.8) is 0 Å². The van der Waals surface area contributed by atoms with Gasteiger partial charge in [-0.1, -0.05) is 49.4 Å². The highest BCUT2D eigenvalue weighted by molar-refractivity contribution is 5.89. The van der Waals surface area contributed by atoms with Crippen molar-refractivity contribution in [2.45, 2.75) is 59.3 Å². The third kappa shape index (κ3) is 8.33. The van der Waals surface area contributed by atoms with Crippen LogP contribution in [0, 0.1) is 5.41 Å². The minimum Gasteiger partial charge on any atom is -0.466 e. The quantitative estimate of drug-likeness (QED) is 0.247. The van der Waals surface area contributed by atoms with Crippen LogP contribution in [0.25, 0.3) is 10.8 Å². The molecule has 32 heavy (non-hydrogen) atoms. The summed E-state index contributed by atoms with van der Waals surface area (Å²) in [6.07, 6.45) is 2.82. The largest absolute Gasteiger partial charge is 0.466 e. The van der Waals surface area contributed by atoms with Gasteiger partial charge in [-0.2, -0.15) is 0 Å². The predicted octanol–water partition coefficient (Wildman–Crippen LogP) is 5.01. The van der Waals surface area contributed by atoms with Gasteiger partial charge < -0.3 is 14.2 Å². The van der Waals surface area contributed by atoms with Crippen LogP contribution < -0.4 is 0 Å². The molecule has 0 heterocycles. The van der Waals surface area contributed by atoms with E-state index >= 15 is 0 Å². The molecule has 0 radical (unpaired) electrons. The molecule has 2 aromatic rings. The molecule has 0 N–H and O–H groups in total. The van der Waals surface area contributed by atoms with Crippen LogP contribution in [0.2, 0.25) is 0 Å². The molecule has 0 aliphatic carbocycles. The molecule has 174 valence electrons. The lowest BCUT2D eigenvalue weighted by atomic mass is 9.91. The lowest BCUT2D eigenvalue weighted by Gasteiger charge is -2.20. The Hall–Kier alpha value is -2.89. The average molecular weight is 443 g/mol. The summed E-state index contributed by atoms with van der Waals surface area (Å²) in [5, 5.41) is 2.16. The minimum atomic E-state index is -0.501. The van der Waals surface area contributed by atoms with Crippen molar-refractivity contribution in [2.75, 3.05) is 19.8 Å². The minimum absolute atomic E-state index is 0.208. The topological polar surface area (TPSA) is 78.9 Å². The first-order valence-corrected chi connectivity index (χ1v) is 11.3. The van der Waals surface area contributed by atoms with E-state index in [1.165, 1.54) is 0 Å². The van der Waals surface area contributed by atoms with Gasteiger partial charge >= 0.3 is 17.9 Å². The third-order valence-corrected chi connectivity index (χ3v) is 5.47. The van der Waals surface area contributed by atoms with E-state index < -0.39 is 5.41 Å². The van der Waals surface area contributed by atoms with Crippen molar-refractivity contribution >= 4 is 28.7 Å². The van der Waals surface area contributed by atoms with Gasteiger partial charge in [-0.15, -0.1) is 0 Å². The number of unbranched alkanes of at least 4 members (excludes halogenated alkanes) is 1. The molecule has 6 nitrogen and oxygen atoms in total. The summed E-state index contributed by atoms with van der Waals surface area (Å²) in [5.41, 5.74) is 0.449. The van der Waals surface area contributed by atoms with Crippen molar-refractivity contribution in [1.82, 2.24) is 0 Å². The highest BCUT2D eigenvalue weighted by Crippen LogP contribution is 2.21. The van der Waals surface area contributed by atoms with Crippen molar-refractivity contribution in [3.05, 3.63) is 48.0 Å². The van der Waals surface area contributed by atoms with E-state index in [1.807, 2.05) is 63.2 Å². The normalized spacial score (nSPS) is 11.2. The molecule has 0 atom stereocenters. The Morgan fingerprint density at radius 2 is 1.41 bits per heavy atom. The van der Waals surface area contributed by atoms with Gasteiger partial charge in [0.2, 0.25) is 0 Å². The second kappa shape index (κ2) is 12.8. The Morgan fingerprint density at radius 3 is 2.12 bits per heavy atom. The van der Waals surface area contributed by atoms with Crippen molar-refractivity contribution in [3.8, 4) is 0 Å². The highest BCUT2D eigenvalue weighted by Gasteiger charge is 2.26. The Bertz CT molecular complexity index is 897. The molecule has 0 aliphatic rings. The van der Waals surface area contributed by atoms with Crippen molar-refractivity contribution < 1.29 is 28.6 Å². The maximum absolute atomic E-state index is 12.1. The van der Waals surface area contributed by atoms with Crippen LogP contribution in [-0.4, -0.2) is 37.7 Å². The summed E-state index contributed by atoms with van der Waals surface area (Å²) in [7, 11) is 0. The Morgan fingerprint density at radius 1 is 0.781 bits per heavy atom. The molecule has 0 spiro atoms. The molecule has 2 rings (SSSR count). The maximum Gasteiger partial charge on any atom is 0.311 e. The van der Waals surface area contributed by atoms with Crippen molar-refractivity contribution in [2.24, 2.45) is 5.41 Å².